The van der Waals surface area contributed by atoms with E-state index in [1.54, 1.807) is 12.5 Å². The number of hydrogen-bond acceptors (Lipinski definition) is 4. The number of nitrogens with zero attached hydrogens (tertiary/aromatic N) is 3. The van der Waals surface area contributed by atoms with Gasteiger partial charge in [-0.3, -0.25) is 4.90 Å². The number of benzene rings is 1. The highest BCUT2D eigenvalue weighted by Gasteiger charge is 2.30. The molecule has 1 aromatic carbocycles. The van der Waals surface area contributed by atoms with E-state index in [-0.39, 0.29) is 5.41 Å². The Bertz CT molecular complexity index is 1240. The number of hydrogen-bond donors (Lipinski definition) is 0. The van der Waals surface area contributed by atoms with E-state index in [0.717, 1.165) is 42.4 Å². The molecular formula is C30H35N3O2. The lowest BCUT2D eigenvalue weighted by Gasteiger charge is -2.27. The van der Waals surface area contributed by atoms with E-state index in [4.69, 9.17) is 13.9 Å². The lowest BCUT2D eigenvalue weighted by Crippen LogP contribution is -2.32. The van der Waals surface area contributed by atoms with Gasteiger partial charge in [-0.1, -0.05) is 45.1 Å². The molecule has 5 heteroatoms. The molecule has 4 aromatic rings. The summed E-state index contributed by atoms with van der Waals surface area (Å²) in [5.74, 6) is 2.26. The van der Waals surface area contributed by atoms with E-state index in [1.807, 2.05) is 24.3 Å². The Kier molecular flexibility index (Phi) is 6.28. The molecule has 182 valence electrons. The second-order valence-electron chi connectivity index (χ2n) is 10.7. The van der Waals surface area contributed by atoms with Gasteiger partial charge in [-0.05, 0) is 67.6 Å². The quantitative estimate of drug-likeness (QED) is 0.271. The molecule has 2 unspecified atom stereocenters. The summed E-state index contributed by atoms with van der Waals surface area (Å²) < 4.78 is 13.4. The van der Waals surface area contributed by atoms with Gasteiger partial charge in [0.05, 0.1) is 37.0 Å². The number of aryl methyl sites for hydroxylation is 1. The first kappa shape index (κ1) is 23.4. The van der Waals surface area contributed by atoms with Gasteiger partial charge in [0.15, 0.2) is 0 Å². The summed E-state index contributed by atoms with van der Waals surface area (Å²) in [4.78, 5) is 2.43. The molecule has 1 aliphatic rings. The van der Waals surface area contributed by atoms with E-state index >= 15 is 0 Å². The van der Waals surface area contributed by atoms with Gasteiger partial charge in [0.25, 0.3) is 0 Å². The third-order valence-corrected chi connectivity index (χ3v) is 7.10. The van der Waals surface area contributed by atoms with Gasteiger partial charge in [0.1, 0.15) is 11.5 Å². The van der Waals surface area contributed by atoms with E-state index in [9.17, 15) is 0 Å². The zero-order chi connectivity index (χ0) is 24.6. The summed E-state index contributed by atoms with van der Waals surface area (Å²) in [6, 6.07) is 17.1. The van der Waals surface area contributed by atoms with E-state index < -0.39 is 0 Å². The second kappa shape index (κ2) is 9.38. The molecule has 5 nitrogen and oxygen atoms in total. The van der Waals surface area contributed by atoms with Crippen LogP contribution in [0.2, 0.25) is 0 Å². The summed E-state index contributed by atoms with van der Waals surface area (Å²) >= 11 is 0. The molecule has 35 heavy (non-hydrogen) atoms. The molecule has 0 spiro atoms. The van der Waals surface area contributed by atoms with E-state index in [0.29, 0.717) is 12.0 Å². The molecule has 0 radical (unpaired) electrons. The van der Waals surface area contributed by atoms with Crippen molar-refractivity contribution in [3.63, 3.8) is 0 Å². The van der Waals surface area contributed by atoms with Crippen molar-refractivity contribution in [2.45, 2.75) is 71.5 Å². The van der Waals surface area contributed by atoms with Gasteiger partial charge in [-0.2, -0.15) is 5.10 Å². The average Bonchev–Trinajstić information content (AvgIpc) is 3.62. The molecule has 0 bridgehead atoms. The third-order valence-electron chi connectivity index (χ3n) is 7.10. The van der Waals surface area contributed by atoms with Crippen molar-refractivity contribution in [3.8, 4) is 5.69 Å². The fourth-order valence-electron chi connectivity index (χ4n) is 5.21. The molecule has 0 N–H and O–H groups in total. The molecule has 3 aromatic heterocycles. The summed E-state index contributed by atoms with van der Waals surface area (Å²) in [5.41, 5.74) is 6.23. The maximum atomic E-state index is 5.66. The molecule has 0 saturated carbocycles. The van der Waals surface area contributed by atoms with Crippen LogP contribution in [0.15, 0.2) is 82.0 Å². The van der Waals surface area contributed by atoms with E-state index in [2.05, 4.69) is 80.6 Å². The highest BCUT2D eigenvalue weighted by molar-refractivity contribution is 5.43. The Labute approximate surface area is 208 Å². The lowest BCUT2D eigenvalue weighted by molar-refractivity contribution is 0.176. The minimum atomic E-state index is 0.138. The predicted octanol–water partition coefficient (Wildman–Crippen LogP) is 7.09. The van der Waals surface area contributed by atoms with Crippen molar-refractivity contribution < 1.29 is 8.83 Å². The first-order chi connectivity index (χ1) is 16.8. The van der Waals surface area contributed by atoms with Gasteiger partial charge >= 0.3 is 0 Å². The van der Waals surface area contributed by atoms with Gasteiger partial charge in [0, 0.05) is 23.2 Å². The van der Waals surface area contributed by atoms with Crippen LogP contribution in [0.4, 0.5) is 0 Å². The normalized spacial score (nSPS) is 18.1. The van der Waals surface area contributed by atoms with Crippen LogP contribution in [0.1, 0.15) is 67.1 Å². The molecule has 5 rings (SSSR count). The van der Waals surface area contributed by atoms with Crippen molar-refractivity contribution in [1.29, 1.82) is 0 Å². The molecule has 0 aliphatic heterocycles. The van der Waals surface area contributed by atoms with Crippen molar-refractivity contribution in [2.75, 3.05) is 0 Å². The monoisotopic (exact) mass is 469 g/mol. The van der Waals surface area contributed by atoms with Crippen molar-refractivity contribution in [2.24, 2.45) is 0 Å². The SMILES string of the molecule is Cc1nn(-c2ccc(C(C)(C)C)cc2)c(C)c1C1C=CC(N(Cc2ccco2)Cc2ccco2)C1. The Hall–Kier alpha value is -3.31. The standard InChI is InChI=1S/C30H35N3O2/c1-21-29(22(2)33(31-21)25-14-11-24(12-15-25)30(3,4)5)23-10-13-26(18-23)32(19-27-8-6-16-34-27)20-28-9-7-17-35-28/h6-17,23,26H,18-20H2,1-5H3. The van der Waals surface area contributed by atoms with Crippen molar-refractivity contribution in [3.05, 3.63) is 107 Å². The smallest absolute Gasteiger partial charge is 0.117 e. The van der Waals surface area contributed by atoms with Crippen molar-refractivity contribution in [1.82, 2.24) is 14.7 Å². The van der Waals surface area contributed by atoms with Crippen LogP contribution in [0.3, 0.4) is 0 Å². The van der Waals surface area contributed by atoms with Crippen LogP contribution < -0.4 is 0 Å². The Balaban J connectivity index is 1.37. The number of rotatable bonds is 7. The zero-order valence-electron chi connectivity index (χ0n) is 21.4. The van der Waals surface area contributed by atoms with Crippen LogP contribution >= 0.6 is 0 Å². The summed E-state index contributed by atoms with van der Waals surface area (Å²) in [6.45, 7) is 12.5. The predicted molar refractivity (Wildman–Crippen MR) is 139 cm³/mol. The topological polar surface area (TPSA) is 47.3 Å². The Morgan fingerprint density at radius 3 is 2.09 bits per heavy atom. The van der Waals surface area contributed by atoms with Crippen LogP contribution in [-0.2, 0) is 18.5 Å². The van der Waals surface area contributed by atoms with E-state index in [1.165, 1.54) is 16.8 Å². The largest absolute Gasteiger partial charge is 0.468 e. The van der Waals surface area contributed by atoms with Crippen LogP contribution in [0.5, 0.6) is 0 Å². The first-order valence-electron chi connectivity index (χ1n) is 12.4. The molecule has 1 aliphatic carbocycles. The highest BCUT2D eigenvalue weighted by Crippen LogP contribution is 2.36. The molecular weight excluding hydrogens is 434 g/mol. The highest BCUT2D eigenvalue weighted by atomic mass is 16.3. The summed E-state index contributed by atoms with van der Waals surface area (Å²) in [7, 11) is 0. The van der Waals surface area contributed by atoms with Crippen LogP contribution in [-0.4, -0.2) is 20.7 Å². The fourth-order valence-corrected chi connectivity index (χ4v) is 5.21. The average molecular weight is 470 g/mol. The number of furan rings is 2. The van der Waals surface area contributed by atoms with Crippen molar-refractivity contribution >= 4 is 0 Å². The van der Waals surface area contributed by atoms with Crippen LogP contribution in [0, 0.1) is 13.8 Å². The fraction of sp³-hybridized carbons (Fsp3) is 0.367. The third kappa shape index (κ3) is 4.92. The zero-order valence-corrected chi connectivity index (χ0v) is 21.4. The lowest BCUT2D eigenvalue weighted by atomic mass is 9.87. The van der Waals surface area contributed by atoms with Gasteiger partial charge in [0.2, 0.25) is 0 Å². The van der Waals surface area contributed by atoms with Gasteiger partial charge in [-0.25, -0.2) is 4.68 Å². The molecule has 0 amide bonds. The Morgan fingerprint density at radius 2 is 1.54 bits per heavy atom. The molecule has 0 fully saturated rings. The second-order valence-corrected chi connectivity index (χ2v) is 10.7. The maximum Gasteiger partial charge on any atom is 0.117 e. The summed E-state index contributed by atoms with van der Waals surface area (Å²) in [6.07, 6.45) is 9.18. The minimum Gasteiger partial charge on any atom is -0.468 e. The maximum absolute atomic E-state index is 5.66. The number of aromatic nitrogens is 2. The molecule has 2 atom stereocenters. The molecule has 3 heterocycles. The number of allylic oxidation sites excluding steroid dienone is 1. The molecule has 0 saturated heterocycles. The Morgan fingerprint density at radius 1 is 0.914 bits per heavy atom. The van der Waals surface area contributed by atoms with Gasteiger partial charge in [-0.15, -0.1) is 0 Å². The van der Waals surface area contributed by atoms with Gasteiger partial charge < -0.3 is 8.83 Å². The minimum absolute atomic E-state index is 0.138. The summed E-state index contributed by atoms with van der Waals surface area (Å²) in [5, 5.41) is 4.95. The van der Waals surface area contributed by atoms with Crippen LogP contribution in [0.25, 0.3) is 5.69 Å². The first-order valence-corrected chi connectivity index (χ1v) is 12.4.